The van der Waals surface area contributed by atoms with Gasteiger partial charge in [-0.25, -0.2) is 0 Å². The molecule has 2 aromatic rings. The number of rotatable bonds is 3. The Kier molecular flexibility index (Phi) is 4.67. The van der Waals surface area contributed by atoms with E-state index in [2.05, 4.69) is 94.1 Å². The van der Waals surface area contributed by atoms with Gasteiger partial charge in [-0.05, 0) is 87.3 Å². The maximum Gasteiger partial charge on any atom is 0.0497 e. The molecule has 0 radical (unpaired) electrons. The van der Waals surface area contributed by atoms with Gasteiger partial charge in [0.25, 0.3) is 0 Å². The summed E-state index contributed by atoms with van der Waals surface area (Å²) in [4.78, 5) is 0. The summed E-state index contributed by atoms with van der Waals surface area (Å²) in [6, 6.07) is 12.8. The number of halogens is 2. The molecule has 1 nitrogen and oxygen atoms in total. The summed E-state index contributed by atoms with van der Waals surface area (Å²) < 4.78 is 2.34. The minimum Gasteiger partial charge on any atom is -0.380 e. The Balaban J connectivity index is 2.16. The molecule has 0 atom stereocenters. The molecule has 0 aromatic heterocycles. The van der Waals surface area contributed by atoms with Gasteiger partial charge in [0, 0.05) is 20.3 Å². The second-order valence-corrected chi connectivity index (χ2v) is 6.44. The van der Waals surface area contributed by atoms with Crippen molar-refractivity contribution in [2.45, 2.75) is 20.4 Å². The molecular weight excluding hydrogens is 401 g/mol. The maximum absolute atomic E-state index is 3.57. The molecule has 0 saturated heterocycles. The zero-order chi connectivity index (χ0) is 13.1. The van der Waals surface area contributed by atoms with Crippen molar-refractivity contribution in [1.29, 1.82) is 0 Å². The van der Waals surface area contributed by atoms with E-state index in [1.165, 1.54) is 20.3 Å². The van der Waals surface area contributed by atoms with Crippen molar-refractivity contribution in [1.82, 2.24) is 0 Å². The van der Waals surface area contributed by atoms with Gasteiger partial charge in [0.15, 0.2) is 0 Å². The molecule has 0 aliphatic heterocycles. The van der Waals surface area contributed by atoms with Crippen molar-refractivity contribution in [3.05, 3.63) is 61.1 Å². The lowest BCUT2D eigenvalue weighted by Crippen LogP contribution is -2.03. The average Bonchev–Trinajstić information content (AvgIpc) is 2.35. The Morgan fingerprint density at radius 2 is 1.94 bits per heavy atom. The van der Waals surface area contributed by atoms with E-state index < -0.39 is 0 Å². The van der Waals surface area contributed by atoms with Crippen LogP contribution in [0.15, 0.2) is 40.9 Å². The third-order valence-electron chi connectivity index (χ3n) is 3.11. The number of nitrogens with one attached hydrogen (secondary N) is 1. The molecule has 0 spiro atoms. The van der Waals surface area contributed by atoms with E-state index in [1.54, 1.807) is 0 Å². The summed E-state index contributed by atoms with van der Waals surface area (Å²) in [6.07, 6.45) is 0. The molecule has 2 aromatic carbocycles. The van der Waals surface area contributed by atoms with Crippen molar-refractivity contribution in [2.75, 3.05) is 5.32 Å². The van der Waals surface area contributed by atoms with Gasteiger partial charge < -0.3 is 5.32 Å². The van der Waals surface area contributed by atoms with Crippen molar-refractivity contribution >= 4 is 44.2 Å². The molecular formula is C15H15BrIN. The Bertz CT molecular complexity index is 564. The van der Waals surface area contributed by atoms with Gasteiger partial charge >= 0.3 is 0 Å². The zero-order valence-electron chi connectivity index (χ0n) is 10.4. The van der Waals surface area contributed by atoms with E-state index in [0.717, 1.165) is 16.7 Å². The van der Waals surface area contributed by atoms with Crippen LogP contribution in [-0.4, -0.2) is 0 Å². The van der Waals surface area contributed by atoms with Gasteiger partial charge in [-0.3, -0.25) is 0 Å². The molecule has 2 rings (SSSR count). The molecule has 0 amide bonds. The third kappa shape index (κ3) is 3.26. The number of anilines is 1. The van der Waals surface area contributed by atoms with Crippen LogP contribution in [0.3, 0.4) is 0 Å². The van der Waals surface area contributed by atoms with Gasteiger partial charge in [-0.15, -0.1) is 0 Å². The highest BCUT2D eigenvalue weighted by Crippen LogP contribution is 2.25. The fourth-order valence-electron chi connectivity index (χ4n) is 1.83. The van der Waals surface area contributed by atoms with Crippen LogP contribution >= 0.6 is 38.5 Å². The van der Waals surface area contributed by atoms with Gasteiger partial charge in [0.05, 0.1) is 0 Å². The van der Waals surface area contributed by atoms with Crippen molar-refractivity contribution < 1.29 is 0 Å². The quantitative estimate of drug-likeness (QED) is 0.672. The third-order valence-corrected chi connectivity index (χ3v) is 4.48. The molecule has 1 N–H and O–H groups in total. The van der Waals surface area contributed by atoms with Gasteiger partial charge in [0.2, 0.25) is 0 Å². The van der Waals surface area contributed by atoms with Gasteiger partial charge in [0.1, 0.15) is 0 Å². The van der Waals surface area contributed by atoms with E-state index in [0.29, 0.717) is 0 Å². The first kappa shape index (κ1) is 13.9. The minimum atomic E-state index is 0.853. The molecule has 0 heterocycles. The molecule has 0 unspecified atom stereocenters. The summed E-state index contributed by atoms with van der Waals surface area (Å²) in [6.45, 7) is 5.18. The maximum atomic E-state index is 3.57. The number of aryl methyl sites for hydroxylation is 1. The first-order chi connectivity index (χ1) is 8.58. The van der Waals surface area contributed by atoms with E-state index >= 15 is 0 Å². The summed E-state index contributed by atoms with van der Waals surface area (Å²) in [7, 11) is 0. The van der Waals surface area contributed by atoms with Crippen LogP contribution in [0.4, 0.5) is 5.69 Å². The Morgan fingerprint density at radius 1 is 1.17 bits per heavy atom. The molecule has 0 fully saturated rings. The largest absolute Gasteiger partial charge is 0.380 e. The highest BCUT2D eigenvalue weighted by molar-refractivity contribution is 14.1. The molecule has 0 bridgehead atoms. The second-order valence-electron chi connectivity index (χ2n) is 4.34. The predicted octanol–water partition coefficient (Wildman–Crippen LogP) is 5.28. The van der Waals surface area contributed by atoms with Crippen LogP contribution in [-0.2, 0) is 6.54 Å². The van der Waals surface area contributed by atoms with Crippen molar-refractivity contribution in [3.63, 3.8) is 0 Å². The molecule has 0 aliphatic rings. The topological polar surface area (TPSA) is 12.0 Å². The average molecular weight is 416 g/mol. The van der Waals surface area contributed by atoms with Crippen LogP contribution in [0.1, 0.15) is 16.7 Å². The molecule has 3 heteroatoms. The highest BCUT2D eigenvalue weighted by Gasteiger charge is 2.03. The summed E-state index contributed by atoms with van der Waals surface area (Å²) in [5, 5.41) is 3.49. The Hall–Kier alpha value is -0.550. The van der Waals surface area contributed by atoms with Crippen LogP contribution in [0.5, 0.6) is 0 Å². The normalized spacial score (nSPS) is 10.4. The number of benzene rings is 2. The minimum absolute atomic E-state index is 0.853. The van der Waals surface area contributed by atoms with Crippen molar-refractivity contribution in [3.8, 4) is 0 Å². The number of hydrogen-bond donors (Lipinski definition) is 1. The monoisotopic (exact) mass is 415 g/mol. The van der Waals surface area contributed by atoms with Crippen LogP contribution in [0, 0.1) is 17.4 Å². The Morgan fingerprint density at radius 3 is 2.72 bits per heavy atom. The van der Waals surface area contributed by atoms with Gasteiger partial charge in [-0.1, -0.05) is 18.2 Å². The van der Waals surface area contributed by atoms with Crippen LogP contribution in [0.25, 0.3) is 0 Å². The standard InChI is InChI=1S/C15H15BrIN/c1-10-4-3-5-12(11(10)2)9-18-15-8-13(17)6-7-14(15)16/h3-8,18H,9H2,1-2H3. The van der Waals surface area contributed by atoms with Gasteiger partial charge in [-0.2, -0.15) is 0 Å². The molecule has 18 heavy (non-hydrogen) atoms. The molecule has 94 valence electrons. The second kappa shape index (κ2) is 6.06. The lowest BCUT2D eigenvalue weighted by molar-refractivity contribution is 1.10. The van der Waals surface area contributed by atoms with Crippen LogP contribution < -0.4 is 5.32 Å². The summed E-state index contributed by atoms with van der Waals surface area (Å²) in [5.41, 5.74) is 5.20. The van der Waals surface area contributed by atoms with Crippen LogP contribution in [0.2, 0.25) is 0 Å². The van der Waals surface area contributed by atoms with Crippen molar-refractivity contribution in [2.24, 2.45) is 0 Å². The fourth-order valence-corrected chi connectivity index (χ4v) is 2.70. The SMILES string of the molecule is Cc1cccc(CNc2cc(I)ccc2Br)c1C. The predicted molar refractivity (Wildman–Crippen MR) is 90.1 cm³/mol. The smallest absolute Gasteiger partial charge is 0.0497 e. The lowest BCUT2D eigenvalue weighted by Gasteiger charge is -2.12. The van der Waals surface area contributed by atoms with E-state index in [9.17, 15) is 0 Å². The van der Waals surface area contributed by atoms with E-state index in [1.807, 2.05) is 0 Å². The van der Waals surface area contributed by atoms with E-state index in [-0.39, 0.29) is 0 Å². The fraction of sp³-hybridized carbons (Fsp3) is 0.200. The first-order valence-electron chi connectivity index (χ1n) is 5.82. The number of hydrogen-bond acceptors (Lipinski definition) is 1. The summed E-state index contributed by atoms with van der Waals surface area (Å²) >= 11 is 5.90. The first-order valence-corrected chi connectivity index (χ1v) is 7.69. The Labute approximate surface area is 130 Å². The lowest BCUT2D eigenvalue weighted by atomic mass is 10.0. The molecule has 0 saturated carbocycles. The zero-order valence-corrected chi connectivity index (χ0v) is 14.2. The highest BCUT2D eigenvalue weighted by atomic mass is 127. The summed E-state index contributed by atoms with van der Waals surface area (Å²) in [5.74, 6) is 0. The van der Waals surface area contributed by atoms with E-state index in [4.69, 9.17) is 0 Å². The molecule has 0 aliphatic carbocycles.